The van der Waals surface area contributed by atoms with Gasteiger partial charge in [-0.15, -0.1) is 0 Å². The lowest BCUT2D eigenvalue weighted by Crippen LogP contribution is -2.58. The molecule has 0 radical (unpaired) electrons. The van der Waals surface area contributed by atoms with E-state index in [9.17, 15) is 36.9 Å². The summed E-state index contributed by atoms with van der Waals surface area (Å²) in [4.78, 5) is 23.1. The van der Waals surface area contributed by atoms with Crippen LogP contribution in [0, 0.1) is 10.1 Å². The van der Waals surface area contributed by atoms with Crippen molar-refractivity contribution >= 4 is 37.4 Å². The summed E-state index contributed by atoms with van der Waals surface area (Å²) >= 11 is 0. The monoisotopic (exact) mass is 525 g/mol. The summed E-state index contributed by atoms with van der Waals surface area (Å²) in [6.07, 6.45) is 3.44. The molecular formula is C21H23N3O9S2. The molecule has 0 saturated heterocycles. The van der Waals surface area contributed by atoms with Crippen LogP contribution < -0.4 is 9.04 Å². The maximum atomic E-state index is 13.5. The number of rotatable bonds is 8. The third kappa shape index (κ3) is 5.28. The zero-order valence-corrected chi connectivity index (χ0v) is 20.3. The molecule has 2 unspecified atom stereocenters. The predicted molar refractivity (Wildman–Crippen MR) is 126 cm³/mol. The Labute approximate surface area is 202 Å². The standard InChI is InChI=1S/C21H23N3O9S2/c1-33-15-10-12-16(13-11-15)35(31,32)22-14-6-5-9-19(20(22)21(25)26)23(34(2,29)30)17-7-3-4-8-18(17)24(27)28/h3-8,10-13,19-20H,9,14H2,1-2H3,(H,25,26). The van der Waals surface area contributed by atoms with Crippen molar-refractivity contribution in [3.63, 3.8) is 0 Å². The summed E-state index contributed by atoms with van der Waals surface area (Å²) in [5.41, 5.74) is -0.937. The van der Waals surface area contributed by atoms with Gasteiger partial charge >= 0.3 is 5.97 Å². The van der Waals surface area contributed by atoms with Crippen molar-refractivity contribution in [2.24, 2.45) is 0 Å². The Morgan fingerprint density at radius 2 is 1.74 bits per heavy atom. The molecule has 0 spiro atoms. The van der Waals surface area contributed by atoms with Crippen LogP contribution in [0.2, 0.25) is 0 Å². The lowest BCUT2D eigenvalue weighted by atomic mass is 10.0. The second-order valence-electron chi connectivity index (χ2n) is 7.61. The first kappa shape index (κ1) is 26.1. The lowest BCUT2D eigenvalue weighted by Gasteiger charge is -2.37. The SMILES string of the molecule is COc1ccc(S(=O)(=O)N2CC=CCC(N(c3ccccc3[N+](=O)[O-])S(C)(=O)=O)C2C(=O)O)cc1. The largest absolute Gasteiger partial charge is 0.497 e. The molecule has 0 fully saturated rings. The van der Waals surface area contributed by atoms with E-state index in [1.165, 1.54) is 61.7 Å². The van der Waals surface area contributed by atoms with Crippen LogP contribution in [-0.2, 0) is 24.8 Å². The Bertz CT molecular complexity index is 1360. The number of carboxylic acids is 1. The van der Waals surface area contributed by atoms with Gasteiger partial charge in [-0.3, -0.25) is 19.2 Å². The van der Waals surface area contributed by atoms with Crippen molar-refractivity contribution < 1.29 is 36.4 Å². The highest BCUT2D eigenvalue weighted by molar-refractivity contribution is 7.92. The molecule has 2 aromatic rings. The smallest absolute Gasteiger partial charge is 0.324 e. The number of ether oxygens (including phenoxy) is 1. The molecule has 2 aromatic carbocycles. The Kier molecular flexibility index (Phi) is 7.47. The first-order chi connectivity index (χ1) is 16.4. The van der Waals surface area contributed by atoms with Crippen LogP contribution in [0.3, 0.4) is 0 Å². The number of nitrogens with zero attached hydrogens (tertiary/aromatic N) is 3. The van der Waals surface area contributed by atoms with E-state index >= 15 is 0 Å². The zero-order valence-electron chi connectivity index (χ0n) is 18.7. The minimum absolute atomic E-state index is 0.204. The summed E-state index contributed by atoms with van der Waals surface area (Å²) < 4.78 is 59.1. The quantitative estimate of drug-likeness (QED) is 0.307. The zero-order chi connectivity index (χ0) is 26.0. The summed E-state index contributed by atoms with van der Waals surface area (Å²) in [7, 11) is -7.34. The van der Waals surface area contributed by atoms with Crippen LogP contribution in [0.1, 0.15) is 6.42 Å². The molecule has 0 saturated carbocycles. The van der Waals surface area contributed by atoms with Gasteiger partial charge in [-0.25, -0.2) is 16.8 Å². The molecule has 0 amide bonds. The Morgan fingerprint density at radius 3 is 2.29 bits per heavy atom. The van der Waals surface area contributed by atoms with Gasteiger partial charge in [-0.1, -0.05) is 24.3 Å². The summed E-state index contributed by atoms with van der Waals surface area (Å²) in [5.74, 6) is -1.23. The maximum Gasteiger partial charge on any atom is 0.324 e. The van der Waals surface area contributed by atoms with Crippen LogP contribution in [-0.4, -0.2) is 69.1 Å². The van der Waals surface area contributed by atoms with E-state index < -0.39 is 48.7 Å². The fraction of sp³-hybridized carbons (Fsp3) is 0.286. The third-order valence-electron chi connectivity index (χ3n) is 5.40. The Hall–Kier alpha value is -3.49. The second-order valence-corrected chi connectivity index (χ2v) is 11.4. The van der Waals surface area contributed by atoms with E-state index in [4.69, 9.17) is 4.74 Å². The molecule has 1 aliphatic heterocycles. The van der Waals surface area contributed by atoms with Gasteiger partial charge < -0.3 is 9.84 Å². The number of benzene rings is 2. The molecule has 35 heavy (non-hydrogen) atoms. The van der Waals surface area contributed by atoms with E-state index in [0.717, 1.165) is 12.3 Å². The number of methoxy groups -OCH3 is 1. The van der Waals surface area contributed by atoms with Gasteiger partial charge in [-0.05, 0) is 36.8 Å². The highest BCUT2D eigenvalue weighted by Crippen LogP contribution is 2.35. The van der Waals surface area contributed by atoms with E-state index in [2.05, 4.69) is 0 Å². The lowest BCUT2D eigenvalue weighted by molar-refractivity contribution is -0.384. The molecule has 2 atom stereocenters. The van der Waals surface area contributed by atoms with Crippen molar-refractivity contribution in [1.82, 2.24) is 4.31 Å². The normalized spacial score (nSPS) is 19.0. The van der Waals surface area contributed by atoms with Gasteiger partial charge in [0.25, 0.3) is 5.69 Å². The first-order valence-electron chi connectivity index (χ1n) is 10.2. The molecule has 1 N–H and O–H groups in total. The van der Waals surface area contributed by atoms with Gasteiger partial charge in [0.05, 0.1) is 29.2 Å². The average molecular weight is 526 g/mol. The van der Waals surface area contributed by atoms with Crippen LogP contribution in [0.15, 0.2) is 65.6 Å². The molecule has 12 nitrogen and oxygen atoms in total. The molecule has 0 bridgehead atoms. The van der Waals surface area contributed by atoms with Gasteiger partial charge in [0.2, 0.25) is 20.0 Å². The number of anilines is 1. The van der Waals surface area contributed by atoms with Gasteiger partial charge in [0, 0.05) is 12.6 Å². The highest BCUT2D eigenvalue weighted by atomic mass is 32.2. The number of para-hydroxylation sites is 2. The number of carbonyl (C=O) groups is 1. The van der Waals surface area contributed by atoms with Crippen LogP contribution in [0.4, 0.5) is 11.4 Å². The van der Waals surface area contributed by atoms with Crippen molar-refractivity contribution in [2.45, 2.75) is 23.4 Å². The van der Waals surface area contributed by atoms with Crippen LogP contribution in [0.25, 0.3) is 0 Å². The van der Waals surface area contributed by atoms with Crippen molar-refractivity contribution in [3.05, 3.63) is 70.8 Å². The Balaban J connectivity index is 2.21. The minimum Gasteiger partial charge on any atom is -0.497 e. The fourth-order valence-corrected chi connectivity index (χ4v) is 6.67. The molecular weight excluding hydrogens is 502 g/mol. The fourth-order valence-electron chi connectivity index (χ4n) is 3.90. The van der Waals surface area contributed by atoms with E-state index in [1.54, 1.807) is 0 Å². The van der Waals surface area contributed by atoms with E-state index in [-0.39, 0.29) is 23.5 Å². The predicted octanol–water partition coefficient (Wildman–Crippen LogP) is 1.84. The molecule has 0 aromatic heterocycles. The number of aliphatic carboxylic acids is 1. The van der Waals surface area contributed by atoms with Crippen molar-refractivity contribution in [1.29, 1.82) is 0 Å². The summed E-state index contributed by atoms with van der Waals surface area (Å²) in [6.45, 7) is -0.351. The van der Waals surface area contributed by atoms with Crippen molar-refractivity contribution in [3.8, 4) is 5.75 Å². The van der Waals surface area contributed by atoms with Crippen LogP contribution in [0.5, 0.6) is 5.75 Å². The third-order valence-corrected chi connectivity index (χ3v) is 8.44. The number of hydrogen-bond donors (Lipinski definition) is 1. The van der Waals surface area contributed by atoms with Crippen LogP contribution >= 0.6 is 0 Å². The molecule has 1 heterocycles. The molecule has 0 aliphatic carbocycles. The number of nitro benzene ring substituents is 1. The first-order valence-corrected chi connectivity index (χ1v) is 13.4. The summed E-state index contributed by atoms with van der Waals surface area (Å²) in [5, 5.41) is 21.7. The van der Waals surface area contributed by atoms with Gasteiger partial charge in [0.15, 0.2) is 0 Å². The molecule has 1 aliphatic rings. The number of carboxylic acid groups (broad SMARTS) is 1. The molecule has 3 rings (SSSR count). The summed E-state index contributed by atoms with van der Waals surface area (Å²) in [6, 6.07) is 6.82. The average Bonchev–Trinajstić information content (AvgIpc) is 3.02. The second kappa shape index (κ2) is 10.0. The number of nitro groups is 1. The minimum atomic E-state index is -4.43. The number of hydrogen-bond acceptors (Lipinski definition) is 8. The highest BCUT2D eigenvalue weighted by Gasteiger charge is 2.47. The topological polar surface area (TPSA) is 164 Å². The van der Waals surface area contributed by atoms with Gasteiger partial charge in [-0.2, -0.15) is 4.31 Å². The van der Waals surface area contributed by atoms with Crippen molar-refractivity contribution in [2.75, 3.05) is 24.2 Å². The Morgan fingerprint density at radius 1 is 1.11 bits per heavy atom. The van der Waals surface area contributed by atoms with E-state index in [1.807, 2.05) is 0 Å². The molecule has 188 valence electrons. The van der Waals surface area contributed by atoms with E-state index in [0.29, 0.717) is 14.4 Å². The maximum absolute atomic E-state index is 13.5. The van der Waals surface area contributed by atoms with Gasteiger partial charge in [0.1, 0.15) is 17.5 Å². The number of sulfonamides is 2. The molecule has 14 heteroatoms.